The van der Waals surface area contributed by atoms with Crippen LogP contribution in [0.15, 0.2) is 0 Å². The molecule has 1 aliphatic rings. The fourth-order valence-corrected chi connectivity index (χ4v) is 3.88. The van der Waals surface area contributed by atoms with Gasteiger partial charge in [-0.1, -0.05) is 26.7 Å². The molecule has 0 bridgehead atoms. The van der Waals surface area contributed by atoms with E-state index in [1.54, 1.807) is 0 Å². The first-order valence-electron chi connectivity index (χ1n) is 5.95. The first-order chi connectivity index (χ1) is 7.08. The Balaban J connectivity index is 2.18. The normalized spacial score (nSPS) is 28.7. The van der Waals surface area contributed by atoms with Crippen LogP contribution in [0.5, 0.6) is 0 Å². The minimum absolute atomic E-state index is 0.316. The van der Waals surface area contributed by atoms with Gasteiger partial charge in [-0.05, 0) is 25.2 Å². The van der Waals surface area contributed by atoms with Gasteiger partial charge in [0, 0.05) is 16.9 Å². The molecule has 0 aromatic carbocycles. The topological polar surface area (TPSA) is 37.3 Å². The molecule has 0 aliphatic heterocycles. The summed E-state index contributed by atoms with van der Waals surface area (Å²) in [6.45, 7) is 4.49. The van der Waals surface area contributed by atoms with Crippen molar-refractivity contribution in [3.63, 3.8) is 0 Å². The van der Waals surface area contributed by atoms with Gasteiger partial charge >= 0.3 is 5.97 Å². The van der Waals surface area contributed by atoms with Gasteiger partial charge < -0.3 is 5.11 Å². The number of aliphatic carboxylic acids is 1. The van der Waals surface area contributed by atoms with Crippen LogP contribution in [-0.2, 0) is 4.79 Å². The van der Waals surface area contributed by atoms with Gasteiger partial charge in [-0.15, -0.1) is 0 Å². The number of hydrogen-bond acceptors (Lipinski definition) is 2. The number of thioether (sulfide) groups is 1. The molecular formula is C12H22O2S. The summed E-state index contributed by atoms with van der Waals surface area (Å²) < 4.78 is 0. The molecule has 0 amide bonds. The largest absolute Gasteiger partial charge is 0.481 e. The Kier molecular flexibility index (Phi) is 5.51. The molecule has 0 spiro atoms. The second kappa shape index (κ2) is 6.41. The van der Waals surface area contributed by atoms with Gasteiger partial charge in [0.05, 0.1) is 0 Å². The van der Waals surface area contributed by atoms with E-state index in [9.17, 15) is 4.79 Å². The highest BCUT2D eigenvalue weighted by Crippen LogP contribution is 2.35. The monoisotopic (exact) mass is 230 g/mol. The second-order valence-electron chi connectivity index (χ2n) is 4.77. The second-order valence-corrected chi connectivity index (χ2v) is 6.52. The van der Waals surface area contributed by atoms with E-state index < -0.39 is 5.97 Å². The summed E-state index contributed by atoms with van der Waals surface area (Å²) >= 11 is 2.00. The number of hydrogen-bond donors (Lipinski definition) is 1. The third-order valence-corrected chi connectivity index (χ3v) is 4.59. The molecule has 0 heterocycles. The number of carbonyl (C=O) groups is 1. The quantitative estimate of drug-likeness (QED) is 0.784. The fraction of sp³-hybridized carbons (Fsp3) is 0.917. The highest BCUT2D eigenvalue weighted by Gasteiger charge is 2.21. The SMILES string of the molecule is CC1CCCC(SC(C)CCC(=O)O)C1. The van der Waals surface area contributed by atoms with Crippen LogP contribution >= 0.6 is 11.8 Å². The van der Waals surface area contributed by atoms with E-state index >= 15 is 0 Å². The molecule has 3 atom stereocenters. The Morgan fingerprint density at radius 3 is 2.87 bits per heavy atom. The minimum atomic E-state index is -0.667. The third-order valence-electron chi connectivity index (χ3n) is 3.08. The van der Waals surface area contributed by atoms with Gasteiger partial charge in [-0.2, -0.15) is 11.8 Å². The van der Waals surface area contributed by atoms with Crippen LogP contribution in [-0.4, -0.2) is 21.6 Å². The minimum Gasteiger partial charge on any atom is -0.481 e. The highest BCUT2D eigenvalue weighted by atomic mass is 32.2. The van der Waals surface area contributed by atoms with Crippen LogP contribution in [0.25, 0.3) is 0 Å². The molecule has 0 aromatic heterocycles. The molecule has 0 saturated heterocycles. The summed E-state index contributed by atoms with van der Waals surface area (Å²) in [5.41, 5.74) is 0. The van der Waals surface area contributed by atoms with Gasteiger partial charge in [0.1, 0.15) is 0 Å². The Bertz CT molecular complexity index is 206. The molecule has 3 unspecified atom stereocenters. The van der Waals surface area contributed by atoms with Crippen molar-refractivity contribution in [2.24, 2.45) is 5.92 Å². The van der Waals surface area contributed by atoms with Crippen LogP contribution in [0.2, 0.25) is 0 Å². The van der Waals surface area contributed by atoms with Crippen molar-refractivity contribution in [2.45, 2.75) is 62.9 Å². The lowest BCUT2D eigenvalue weighted by Gasteiger charge is -2.28. The molecule has 0 radical (unpaired) electrons. The van der Waals surface area contributed by atoms with E-state index in [1.807, 2.05) is 11.8 Å². The predicted molar refractivity (Wildman–Crippen MR) is 65.3 cm³/mol. The first kappa shape index (κ1) is 12.9. The van der Waals surface area contributed by atoms with Crippen LogP contribution in [0.3, 0.4) is 0 Å². The van der Waals surface area contributed by atoms with Crippen molar-refractivity contribution < 1.29 is 9.90 Å². The van der Waals surface area contributed by atoms with E-state index in [1.165, 1.54) is 25.7 Å². The predicted octanol–water partition coefficient (Wildman–Crippen LogP) is 3.55. The van der Waals surface area contributed by atoms with Crippen molar-refractivity contribution in [1.82, 2.24) is 0 Å². The van der Waals surface area contributed by atoms with E-state index in [0.29, 0.717) is 11.7 Å². The zero-order valence-electron chi connectivity index (χ0n) is 9.74. The molecule has 3 heteroatoms. The average Bonchev–Trinajstić information content (AvgIpc) is 2.15. The molecule has 88 valence electrons. The lowest BCUT2D eigenvalue weighted by atomic mass is 9.91. The maximum absolute atomic E-state index is 10.4. The lowest BCUT2D eigenvalue weighted by Crippen LogP contribution is -2.18. The van der Waals surface area contributed by atoms with Gasteiger partial charge in [0.25, 0.3) is 0 Å². The van der Waals surface area contributed by atoms with Crippen molar-refractivity contribution in [3.8, 4) is 0 Å². The Morgan fingerprint density at radius 2 is 2.27 bits per heavy atom. The molecule has 1 rings (SSSR count). The molecule has 15 heavy (non-hydrogen) atoms. The van der Waals surface area contributed by atoms with Crippen LogP contribution < -0.4 is 0 Å². The Morgan fingerprint density at radius 1 is 1.53 bits per heavy atom. The summed E-state index contributed by atoms with van der Waals surface area (Å²) in [7, 11) is 0. The van der Waals surface area contributed by atoms with Gasteiger partial charge in [0.15, 0.2) is 0 Å². The van der Waals surface area contributed by atoms with E-state index in [0.717, 1.165) is 17.6 Å². The zero-order chi connectivity index (χ0) is 11.3. The summed E-state index contributed by atoms with van der Waals surface area (Å²) in [6.07, 6.45) is 6.50. The van der Waals surface area contributed by atoms with Crippen LogP contribution in [0.1, 0.15) is 52.4 Å². The smallest absolute Gasteiger partial charge is 0.303 e. The molecule has 2 nitrogen and oxygen atoms in total. The molecule has 1 fully saturated rings. The van der Waals surface area contributed by atoms with E-state index in [2.05, 4.69) is 13.8 Å². The Labute approximate surface area is 96.8 Å². The molecule has 1 saturated carbocycles. The number of carboxylic acids is 1. The van der Waals surface area contributed by atoms with E-state index in [4.69, 9.17) is 5.11 Å². The summed E-state index contributed by atoms with van der Waals surface area (Å²) in [5, 5.41) is 9.87. The van der Waals surface area contributed by atoms with Crippen molar-refractivity contribution in [3.05, 3.63) is 0 Å². The van der Waals surface area contributed by atoms with Crippen molar-refractivity contribution in [1.29, 1.82) is 0 Å². The third kappa shape index (κ3) is 5.45. The maximum Gasteiger partial charge on any atom is 0.303 e. The van der Waals surface area contributed by atoms with Gasteiger partial charge in [-0.25, -0.2) is 0 Å². The molecule has 0 aromatic rings. The molecule has 1 aliphatic carbocycles. The Hall–Kier alpha value is -0.180. The van der Waals surface area contributed by atoms with Crippen molar-refractivity contribution in [2.75, 3.05) is 0 Å². The average molecular weight is 230 g/mol. The van der Waals surface area contributed by atoms with Crippen LogP contribution in [0.4, 0.5) is 0 Å². The number of rotatable bonds is 5. The molecule has 1 N–H and O–H groups in total. The summed E-state index contributed by atoms with van der Waals surface area (Å²) in [5.74, 6) is 0.197. The van der Waals surface area contributed by atoms with Crippen LogP contribution in [0, 0.1) is 5.92 Å². The standard InChI is InChI=1S/C12H22O2S/c1-9-4-3-5-11(8-9)15-10(2)6-7-12(13)14/h9-11H,3-8H2,1-2H3,(H,13,14). The van der Waals surface area contributed by atoms with Crippen molar-refractivity contribution >= 4 is 17.7 Å². The first-order valence-corrected chi connectivity index (χ1v) is 6.89. The fourth-order valence-electron chi connectivity index (χ4n) is 2.23. The zero-order valence-corrected chi connectivity index (χ0v) is 10.6. The lowest BCUT2D eigenvalue weighted by molar-refractivity contribution is -0.137. The van der Waals surface area contributed by atoms with E-state index in [-0.39, 0.29) is 0 Å². The van der Waals surface area contributed by atoms with Gasteiger partial charge in [-0.3, -0.25) is 4.79 Å². The van der Waals surface area contributed by atoms with Gasteiger partial charge in [0.2, 0.25) is 0 Å². The maximum atomic E-state index is 10.4. The molecular weight excluding hydrogens is 208 g/mol. The highest BCUT2D eigenvalue weighted by molar-refractivity contribution is 8.00. The number of carboxylic acid groups (broad SMARTS) is 1. The summed E-state index contributed by atoms with van der Waals surface area (Å²) in [4.78, 5) is 10.4. The summed E-state index contributed by atoms with van der Waals surface area (Å²) in [6, 6.07) is 0.